The minimum Gasteiger partial charge on any atom is -0.394 e. The van der Waals surface area contributed by atoms with Crippen LogP contribution in [-0.4, -0.2) is 115 Å². The summed E-state index contributed by atoms with van der Waals surface area (Å²) in [6.07, 6.45) is -15.3. The fourth-order valence-electron chi connectivity index (χ4n) is 2.01. The lowest BCUT2D eigenvalue weighted by atomic mass is 9.99. The maximum Gasteiger partial charge on any atom is 0.186 e. The molecule has 1 rings (SSSR count). The summed E-state index contributed by atoms with van der Waals surface area (Å²) in [5, 5.41) is 75.4. The van der Waals surface area contributed by atoms with E-state index >= 15 is 0 Å². The van der Waals surface area contributed by atoms with Crippen LogP contribution in [-0.2, 0) is 14.3 Å². The van der Waals surface area contributed by atoms with Crippen molar-refractivity contribution < 1.29 is 55.1 Å². The number of aliphatic hydroxyl groups is 8. The van der Waals surface area contributed by atoms with Crippen molar-refractivity contribution in [1.82, 2.24) is 0 Å². The normalized spacial score (nSPS) is 37.0. The maximum absolute atomic E-state index is 10.3. The molecule has 1 aliphatic rings. The van der Waals surface area contributed by atoms with Gasteiger partial charge in [-0.05, 0) is 0 Å². The van der Waals surface area contributed by atoms with Gasteiger partial charge in [0.15, 0.2) is 12.6 Å². The summed E-state index contributed by atoms with van der Waals surface area (Å²) >= 11 is 0. The predicted octanol–water partition coefficient (Wildman–Crippen LogP) is -5.55. The van der Waals surface area contributed by atoms with Gasteiger partial charge in [-0.1, -0.05) is 0 Å². The number of rotatable bonds is 8. The Kier molecular flexibility index (Phi) is 7.89. The van der Waals surface area contributed by atoms with Crippen LogP contribution in [0.15, 0.2) is 0 Å². The highest BCUT2D eigenvalue weighted by molar-refractivity contribution is 5.56. The van der Waals surface area contributed by atoms with Crippen molar-refractivity contribution in [3.63, 3.8) is 0 Å². The molecule has 23 heavy (non-hydrogen) atoms. The van der Waals surface area contributed by atoms with Gasteiger partial charge in [-0.15, -0.1) is 0 Å². The quantitative estimate of drug-likeness (QED) is 0.196. The number of hydrogen-bond acceptors (Lipinski definition) is 11. The lowest BCUT2D eigenvalue weighted by Gasteiger charge is -2.40. The average molecular weight is 342 g/mol. The average Bonchev–Trinajstić information content (AvgIpc) is 2.56. The molecule has 1 heterocycles. The van der Waals surface area contributed by atoms with Crippen molar-refractivity contribution >= 4 is 6.29 Å². The van der Waals surface area contributed by atoms with Gasteiger partial charge in [-0.3, -0.25) is 0 Å². The van der Waals surface area contributed by atoms with Crippen molar-refractivity contribution in [3.8, 4) is 0 Å². The zero-order valence-corrected chi connectivity index (χ0v) is 12.0. The lowest BCUT2D eigenvalue weighted by Crippen LogP contribution is -2.59. The molecule has 0 unspecified atom stereocenters. The second-order valence-corrected chi connectivity index (χ2v) is 5.21. The third-order valence-electron chi connectivity index (χ3n) is 3.51. The van der Waals surface area contributed by atoms with Gasteiger partial charge < -0.3 is 55.1 Å². The van der Waals surface area contributed by atoms with E-state index in [-0.39, 0.29) is 6.29 Å². The van der Waals surface area contributed by atoms with Gasteiger partial charge in [-0.2, -0.15) is 0 Å². The third-order valence-corrected chi connectivity index (χ3v) is 3.51. The van der Waals surface area contributed by atoms with E-state index in [0.29, 0.717) is 0 Å². The van der Waals surface area contributed by atoms with Gasteiger partial charge >= 0.3 is 0 Å². The summed E-state index contributed by atoms with van der Waals surface area (Å²) in [6.45, 7) is -1.37. The Morgan fingerprint density at radius 3 is 2.13 bits per heavy atom. The van der Waals surface area contributed by atoms with Gasteiger partial charge in [-0.25, -0.2) is 0 Å². The second-order valence-electron chi connectivity index (χ2n) is 5.21. The monoisotopic (exact) mass is 342 g/mol. The van der Waals surface area contributed by atoms with Gasteiger partial charge in [0.1, 0.15) is 48.8 Å². The topological polar surface area (TPSA) is 197 Å². The van der Waals surface area contributed by atoms with Crippen molar-refractivity contribution in [2.24, 2.45) is 0 Å². The Hall–Kier alpha value is -0.730. The molecule has 0 radical (unpaired) electrons. The van der Waals surface area contributed by atoms with E-state index in [0.717, 1.165) is 0 Å². The Balaban J connectivity index is 2.57. The fourth-order valence-corrected chi connectivity index (χ4v) is 2.01. The van der Waals surface area contributed by atoms with E-state index in [2.05, 4.69) is 0 Å². The molecule has 0 aromatic carbocycles. The summed E-state index contributed by atoms with van der Waals surface area (Å²) in [5.41, 5.74) is 0. The minimum absolute atomic E-state index is 0.0287. The van der Waals surface area contributed by atoms with E-state index in [4.69, 9.17) is 19.7 Å². The molecule has 8 N–H and O–H groups in total. The van der Waals surface area contributed by atoms with Crippen LogP contribution in [0.3, 0.4) is 0 Å². The summed E-state index contributed by atoms with van der Waals surface area (Å²) in [6, 6.07) is 0. The standard InChI is InChI=1S/C12H22O11/c13-1-4(15)7(17)8(18)5(16)3-22-12-11(21)10(20)9(19)6(2-14)23-12/h1,4-12,14-21H,2-3H2/t4-,5-,6+,7-,8+,9-,10-,11+,12+/m0/s1. The van der Waals surface area contributed by atoms with Crippen molar-refractivity contribution in [3.05, 3.63) is 0 Å². The van der Waals surface area contributed by atoms with E-state index in [1.54, 1.807) is 0 Å². The highest BCUT2D eigenvalue weighted by atomic mass is 16.7. The van der Waals surface area contributed by atoms with Gasteiger partial charge in [0.25, 0.3) is 0 Å². The molecule has 1 saturated heterocycles. The first-order chi connectivity index (χ1) is 10.7. The Morgan fingerprint density at radius 2 is 1.61 bits per heavy atom. The molecule has 136 valence electrons. The molecule has 0 amide bonds. The maximum atomic E-state index is 10.3. The molecule has 1 aliphatic heterocycles. The van der Waals surface area contributed by atoms with Crippen LogP contribution in [0.4, 0.5) is 0 Å². The van der Waals surface area contributed by atoms with E-state index in [9.17, 15) is 35.4 Å². The van der Waals surface area contributed by atoms with E-state index in [1.165, 1.54) is 0 Å². The highest BCUT2D eigenvalue weighted by Crippen LogP contribution is 2.22. The summed E-state index contributed by atoms with van der Waals surface area (Å²) in [7, 11) is 0. The van der Waals surface area contributed by atoms with Crippen LogP contribution in [0.5, 0.6) is 0 Å². The number of carbonyl (C=O) groups is 1. The zero-order valence-electron chi connectivity index (χ0n) is 12.0. The van der Waals surface area contributed by atoms with Gasteiger partial charge in [0.05, 0.1) is 13.2 Å². The smallest absolute Gasteiger partial charge is 0.186 e. The van der Waals surface area contributed by atoms with Crippen molar-refractivity contribution in [2.75, 3.05) is 13.2 Å². The SMILES string of the molecule is O=C[C@H](O)[C@H](O)[C@H](O)[C@@H](O)CO[C@@H]1O[C@H](CO)[C@H](O)[C@H](O)[C@H]1O. The Bertz CT molecular complexity index is 365. The molecule has 9 atom stereocenters. The molecule has 0 aromatic rings. The highest BCUT2D eigenvalue weighted by Gasteiger charge is 2.44. The summed E-state index contributed by atoms with van der Waals surface area (Å²) in [5.74, 6) is 0. The lowest BCUT2D eigenvalue weighted by molar-refractivity contribution is -0.306. The van der Waals surface area contributed by atoms with E-state index < -0.39 is 68.3 Å². The predicted molar refractivity (Wildman–Crippen MR) is 69.8 cm³/mol. The summed E-state index contributed by atoms with van der Waals surface area (Å²) < 4.78 is 9.94. The van der Waals surface area contributed by atoms with Gasteiger partial charge in [0.2, 0.25) is 0 Å². The zero-order chi connectivity index (χ0) is 17.7. The molecule has 0 bridgehead atoms. The number of aldehydes is 1. The number of carbonyl (C=O) groups excluding carboxylic acids is 1. The molecule has 11 heteroatoms. The molecule has 0 spiro atoms. The first-order valence-corrected chi connectivity index (χ1v) is 6.84. The first-order valence-electron chi connectivity index (χ1n) is 6.84. The third kappa shape index (κ3) is 4.87. The molecule has 1 fully saturated rings. The Labute approximate surface area is 130 Å². The molecule has 0 aromatic heterocycles. The van der Waals surface area contributed by atoms with Gasteiger partial charge in [0, 0.05) is 0 Å². The first kappa shape index (κ1) is 20.3. The molecular formula is C12H22O11. The number of aliphatic hydroxyl groups excluding tert-OH is 8. The van der Waals surface area contributed by atoms with Crippen LogP contribution in [0.1, 0.15) is 0 Å². The minimum atomic E-state index is -1.96. The van der Waals surface area contributed by atoms with E-state index in [1.807, 2.05) is 0 Å². The molecule has 0 aliphatic carbocycles. The Morgan fingerprint density at radius 1 is 1.00 bits per heavy atom. The van der Waals surface area contributed by atoms with Crippen molar-refractivity contribution in [1.29, 1.82) is 0 Å². The molecule has 0 saturated carbocycles. The van der Waals surface area contributed by atoms with Crippen LogP contribution in [0.25, 0.3) is 0 Å². The van der Waals surface area contributed by atoms with Crippen LogP contribution >= 0.6 is 0 Å². The van der Waals surface area contributed by atoms with Crippen LogP contribution in [0.2, 0.25) is 0 Å². The van der Waals surface area contributed by atoms with Crippen LogP contribution in [0, 0.1) is 0 Å². The second kappa shape index (κ2) is 8.94. The van der Waals surface area contributed by atoms with Crippen molar-refractivity contribution in [2.45, 2.75) is 55.1 Å². The number of ether oxygens (including phenoxy) is 2. The van der Waals surface area contributed by atoms with Crippen LogP contribution < -0.4 is 0 Å². The summed E-state index contributed by atoms with van der Waals surface area (Å²) in [4.78, 5) is 10.3. The number of hydrogen-bond donors (Lipinski definition) is 8. The fraction of sp³-hybridized carbons (Fsp3) is 0.917. The molecule has 11 nitrogen and oxygen atoms in total. The molecular weight excluding hydrogens is 320 g/mol. The largest absolute Gasteiger partial charge is 0.394 e.